The van der Waals surface area contributed by atoms with E-state index < -0.39 is 11.4 Å². The summed E-state index contributed by atoms with van der Waals surface area (Å²) >= 11 is 0. The number of carboxylic acids is 1. The average molecular weight is 275 g/mol. The van der Waals surface area contributed by atoms with E-state index in [0.29, 0.717) is 12.8 Å². The molecule has 0 saturated heterocycles. The quantitative estimate of drug-likeness (QED) is 0.868. The molecule has 4 nitrogen and oxygen atoms in total. The monoisotopic (exact) mass is 275 g/mol. The van der Waals surface area contributed by atoms with Crippen LogP contribution in [0.2, 0.25) is 0 Å². The van der Waals surface area contributed by atoms with Crippen molar-refractivity contribution in [3.05, 3.63) is 35.9 Å². The molecule has 0 aliphatic heterocycles. The fourth-order valence-electron chi connectivity index (χ4n) is 2.82. The Hall–Kier alpha value is -1.84. The van der Waals surface area contributed by atoms with Gasteiger partial charge in [-0.2, -0.15) is 0 Å². The smallest absolute Gasteiger partial charge is 0.311 e. The zero-order valence-electron chi connectivity index (χ0n) is 11.8. The number of rotatable bonds is 5. The Morgan fingerprint density at radius 2 is 1.85 bits per heavy atom. The highest BCUT2D eigenvalue weighted by molar-refractivity contribution is 5.84. The van der Waals surface area contributed by atoms with Crippen molar-refractivity contribution in [3.8, 4) is 0 Å². The van der Waals surface area contributed by atoms with E-state index in [1.54, 1.807) is 0 Å². The highest BCUT2D eigenvalue weighted by atomic mass is 16.4. The van der Waals surface area contributed by atoms with Crippen molar-refractivity contribution in [2.24, 2.45) is 5.41 Å². The molecule has 2 rings (SSSR count). The molecule has 1 aliphatic carbocycles. The maximum Gasteiger partial charge on any atom is 0.311 e. The number of hydrogen-bond acceptors (Lipinski definition) is 2. The van der Waals surface area contributed by atoms with Gasteiger partial charge in [0.2, 0.25) is 5.91 Å². The molecule has 1 amide bonds. The molecule has 1 aromatic rings. The van der Waals surface area contributed by atoms with Gasteiger partial charge in [0, 0.05) is 6.54 Å². The van der Waals surface area contributed by atoms with Crippen molar-refractivity contribution in [1.82, 2.24) is 5.32 Å². The second-order valence-electron chi connectivity index (χ2n) is 5.64. The Labute approximate surface area is 119 Å². The fraction of sp³-hybridized carbons (Fsp3) is 0.500. The lowest BCUT2D eigenvalue weighted by Crippen LogP contribution is -2.42. The van der Waals surface area contributed by atoms with E-state index in [-0.39, 0.29) is 18.4 Å². The first-order chi connectivity index (χ1) is 9.55. The lowest BCUT2D eigenvalue weighted by molar-refractivity contribution is -0.148. The van der Waals surface area contributed by atoms with Gasteiger partial charge in [0.05, 0.1) is 11.3 Å². The van der Waals surface area contributed by atoms with Gasteiger partial charge in [0.15, 0.2) is 0 Å². The van der Waals surface area contributed by atoms with Gasteiger partial charge >= 0.3 is 5.97 Å². The Morgan fingerprint density at radius 3 is 2.40 bits per heavy atom. The number of aliphatic carboxylic acids is 1. The summed E-state index contributed by atoms with van der Waals surface area (Å²) in [4.78, 5) is 23.6. The Bertz CT molecular complexity index is 478. The molecule has 0 radical (unpaired) electrons. The van der Waals surface area contributed by atoms with Crippen LogP contribution in [0, 0.1) is 5.41 Å². The first-order valence-corrected chi connectivity index (χ1v) is 7.11. The van der Waals surface area contributed by atoms with E-state index in [2.05, 4.69) is 5.32 Å². The summed E-state index contributed by atoms with van der Waals surface area (Å²) in [6.07, 6.45) is 3.16. The highest BCUT2D eigenvalue weighted by Gasteiger charge is 2.41. The van der Waals surface area contributed by atoms with Crippen LogP contribution in [0.4, 0.5) is 0 Å². The summed E-state index contributed by atoms with van der Waals surface area (Å²) in [6.45, 7) is 2.07. The molecule has 0 heterocycles. The van der Waals surface area contributed by atoms with E-state index >= 15 is 0 Å². The predicted molar refractivity (Wildman–Crippen MR) is 76.4 cm³/mol. The lowest BCUT2D eigenvalue weighted by atomic mass is 9.86. The normalized spacial score (nSPS) is 18.4. The Balaban J connectivity index is 1.96. The molecule has 1 aromatic carbocycles. The number of amides is 1. The van der Waals surface area contributed by atoms with E-state index in [0.717, 1.165) is 18.4 Å². The number of carbonyl (C=O) groups excluding carboxylic acids is 1. The molecule has 1 saturated carbocycles. The van der Waals surface area contributed by atoms with Crippen LogP contribution < -0.4 is 5.32 Å². The number of nitrogens with one attached hydrogen (secondary N) is 1. The second-order valence-corrected chi connectivity index (χ2v) is 5.64. The van der Waals surface area contributed by atoms with E-state index in [4.69, 9.17) is 0 Å². The van der Waals surface area contributed by atoms with Crippen LogP contribution in [0.5, 0.6) is 0 Å². The number of carbonyl (C=O) groups is 2. The van der Waals surface area contributed by atoms with Crippen LogP contribution in [0.25, 0.3) is 0 Å². The average Bonchev–Trinajstić information content (AvgIpc) is 2.95. The van der Waals surface area contributed by atoms with Crippen molar-refractivity contribution in [2.75, 3.05) is 6.54 Å². The number of benzene rings is 1. The first-order valence-electron chi connectivity index (χ1n) is 7.11. The third kappa shape index (κ3) is 3.00. The van der Waals surface area contributed by atoms with Gasteiger partial charge in [-0.3, -0.25) is 9.59 Å². The molecule has 4 heteroatoms. The van der Waals surface area contributed by atoms with Gasteiger partial charge in [-0.1, -0.05) is 43.2 Å². The summed E-state index contributed by atoms with van der Waals surface area (Å²) in [7, 11) is 0. The molecule has 108 valence electrons. The molecule has 2 N–H and O–H groups in total. The largest absolute Gasteiger partial charge is 0.481 e. The molecule has 20 heavy (non-hydrogen) atoms. The molecule has 1 unspecified atom stereocenters. The number of hydrogen-bond donors (Lipinski definition) is 2. The highest BCUT2D eigenvalue weighted by Crippen LogP contribution is 2.37. The van der Waals surface area contributed by atoms with Crippen molar-refractivity contribution >= 4 is 11.9 Å². The summed E-state index contributed by atoms with van der Waals surface area (Å²) in [5.41, 5.74) is 0.187. The number of carboxylic acid groups (broad SMARTS) is 1. The van der Waals surface area contributed by atoms with E-state index in [1.165, 1.54) is 0 Å². The van der Waals surface area contributed by atoms with Crippen molar-refractivity contribution in [1.29, 1.82) is 0 Å². The second kappa shape index (κ2) is 6.07. The third-order valence-electron chi connectivity index (χ3n) is 4.31. The molecule has 0 bridgehead atoms. The van der Waals surface area contributed by atoms with Gasteiger partial charge in [-0.15, -0.1) is 0 Å². The zero-order valence-corrected chi connectivity index (χ0v) is 11.8. The molecule has 1 atom stereocenters. The summed E-state index contributed by atoms with van der Waals surface area (Å²) in [5.74, 6) is -1.16. The topological polar surface area (TPSA) is 66.4 Å². The zero-order chi connectivity index (χ0) is 14.6. The summed E-state index contributed by atoms with van der Waals surface area (Å²) in [5, 5.41) is 12.2. The predicted octanol–water partition coefficient (Wildman–Crippen LogP) is 2.55. The van der Waals surface area contributed by atoms with E-state index in [1.807, 2.05) is 37.3 Å². The minimum Gasteiger partial charge on any atom is -0.481 e. The molecule has 1 fully saturated rings. The van der Waals surface area contributed by atoms with Crippen LogP contribution in [0.3, 0.4) is 0 Å². The molecule has 1 aliphatic rings. The van der Waals surface area contributed by atoms with Crippen molar-refractivity contribution in [2.45, 2.75) is 38.5 Å². The maximum absolute atomic E-state index is 12.2. The summed E-state index contributed by atoms with van der Waals surface area (Å²) in [6, 6.07) is 9.52. The Kier molecular flexibility index (Phi) is 4.42. The summed E-state index contributed by atoms with van der Waals surface area (Å²) < 4.78 is 0. The minimum atomic E-state index is -0.789. The van der Waals surface area contributed by atoms with Gasteiger partial charge in [-0.25, -0.2) is 0 Å². The Morgan fingerprint density at radius 1 is 1.25 bits per heavy atom. The molecule has 0 spiro atoms. The lowest BCUT2D eigenvalue weighted by Gasteiger charge is -2.25. The molecular formula is C16H21NO3. The fourth-order valence-corrected chi connectivity index (χ4v) is 2.82. The van der Waals surface area contributed by atoms with Crippen LogP contribution in [-0.4, -0.2) is 23.5 Å². The first kappa shape index (κ1) is 14.6. The third-order valence-corrected chi connectivity index (χ3v) is 4.31. The van der Waals surface area contributed by atoms with Crippen LogP contribution >= 0.6 is 0 Å². The van der Waals surface area contributed by atoms with Crippen molar-refractivity contribution in [3.63, 3.8) is 0 Å². The molecular weight excluding hydrogens is 254 g/mol. The van der Waals surface area contributed by atoms with E-state index in [9.17, 15) is 14.7 Å². The SMILES string of the molecule is CC(C(=O)NCC1(C(=O)O)CCCC1)c1ccccc1. The molecule has 0 aromatic heterocycles. The van der Waals surface area contributed by atoms with Gasteiger partial charge in [0.25, 0.3) is 0 Å². The van der Waals surface area contributed by atoms with Crippen molar-refractivity contribution < 1.29 is 14.7 Å². The van der Waals surface area contributed by atoms with Crippen LogP contribution in [0.15, 0.2) is 30.3 Å². The minimum absolute atomic E-state index is 0.108. The van der Waals surface area contributed by atoms with Gasteiger partial charge in [-0.05, 0) is 25.3 Å². The van der Waals surface area contributed by atoms with Crippen LogP contribution in [0.1, 0.15) is 44.1 Å². The van der Waals surface area contributed by atoms with Gasteiger partial charge < -0.3 is 10.4 Å². The van der Waals surface area contributed by atoms with Gasteiger partial charge in [0.1, 0.15) is 0 Å². The maximum atomic E-state index is 12.2. The van der Waals surface area contributed by atoms with Crippen LogP contribution in [-0.2, 0) is 9.59 Å². The standard InChI is InChI=1S/C16H21NO3/c1-12(13-7-3-2-4-8-13)14(18)17-11-16(15(19)20)9-5-6-10-16/h2-4,7-8,12H,5-6,9-11H2,1H3,(H,17,18)(H,19,20).